The number of halogens is 1. The van der Waals surface area contributed by atoms with Crippen LogP contribution in [0.4, 0.5) is 4.39 Å². The molecule has 2 aromatic carbocycles. The Morgan fingerprint density at radius 3 is 2.11 bits per heavy atom. The summed E-state index contributed by atoms with van der Waals surface area (Å²) in [5.41, 5.74) is 0.903. The van der Waals surface area contributed by atoms with Crippen molar-refractivity contribution in [2.24, 2.45) is 0 Å². The number of benzene rings is 2. The largest absolute Gasteiger partial charge is 0.496 e. The molecule has 0 radical (unpaired) electrons. The molecule has 0 fully saturated rings. The monoisotopic (exact) mass is 250 g/mol. The Bertz CT molecular complexity index is 593. The van der Waals surface area contributed by atoms with E-state index in [1.807, 2.05) is 19.1 Å². The first-order chi connectivity index (χ1) is 8.63. The summed E-state index contributed by atoms with van der Waals surface area (Å²) in [6.07, 6.45) is 0. The van der Waals surface area contributed by atoms with Gasteiger partial charge in [0.2, 0.25) is 0 Å². The van der Waals surface area contributed by atoms with Crippen LogP contribution in [0.2, 0.25) is 0 Å². The highest BCUT2D eigenvalue weighted by molar-refractivity contribution is 6.00. The molecule has 0 atom stereocenters. The zero-order chi connectivity index (χ0) is 13.3. The van der Waals surface area contributed by atoms with Crippen LogP contribution in [0.1, 0.15) is 5.56 Å². The summed E-state index contributed by atoms with van der Waals surface area (Å²) < 4.78 is 29.6. The minimum atomic E-state index is -0.446. The predicted octanol–water partition coefficient (Wildman–Crippen LogP) is 3.31. The molecule has 18 heavy (non-hydrogen) atoms. The molecule has 0 saturated carbocycles. The minimum absolute atomic E-state index is 0.210. The second kappa shape index (κ2) is 4.72. The molecule has 0 aromatic heterocycles. The van der Waals surface area contributed by atoms with Crippen LogP contribution in [0.15, 0.2) is 18.2 Å². The fourth-order valence-electron chi connectivity index (χ4n) is 2.13. The van der Waals surface area contributed by atoms with Gasteiger partial charge in [-0.2, -0.15) is 0 Å². The second-order valence-corrected chi connectivity index (χ2v) is 3.93. The smallest absolute Gasteiger partial charge is 0.169 e. The lowest BCUT2D eigenvalue weighted by Gasteiger charge is -2.15. The highest BCUT2D eigenvalue weighted by Gasteiger charge is 2.18. The molecule has 0 amide bonds. The molecular formula is C14H15FO3. The van der Waals surface area contributed by atoms with Gasteiger partial charge in [0.25, 0.3) is 0 Å². The maximum atomic E-state index is 13.9. The van der Waals surface area contributed by atoms with Crippen LogP contribution in [-0.4, -0.2) is 21.3 Å². The summed E-state index contributed by atoms with van der Waals surface area (Å²) in [5.74, 6) is 0.829. The van der Waals surface area contributed by atoms with Gasteiger partial charge in [-0.25, -0.2) is 4.39 Å². The van der Waals surface area contributed by atoms with Crippen molar-refractivity contribution in [2.75, 3.05) is 21.3 Å². The second-order valence-electron chi connectivity index (χ2n) is 3.93. The summed E-state index contributed by atoms with van der Waals surface area (Å²) in [4.78, 5) is 0. The van der Waals surface area contributed by atoms with E-state index in [-0.39, 0.29) is 5.75 Å². The molecule has 0 bridgehead atoms. The van der Waals surface area contributed by atoms with Gasteiger partial charge < -0.3 is 14.2 Å². The van der Waals surface area contributed by atoms with Gasteiger partial charge in [-0.05, 0) is 18.6 Å². The quantitative estimate of drug-likeness (QED) is 0.836. The Hall–Kier alpha value is -1.97. The van der Waals surface area contributed by atoms with Gasteiger partial charge in [0.1, 0.15) is 11.5 Å². The van der Waals surface area contributed by atoms with Gasteiger partial charge in [-0.3, -0.25) is 0 Å². The van der Waals surface area contributed by atoms with Crippen LogP contribution >= 0.6 is 0 Å². The van der Waals surface area contributed by atoms with Crippen molar-refractivity contribution in [3.05, 3.63) is 29.6 Å². The summed E-state index contributed by atoms with van der Waals surface area (Å²) >= 11 is 0. The van der Waals surface area contributed by atoms with Crippen molar-refractivity contribution in [1.82, 2.24) is 0 Å². The number of aryl methyl sites for hydroxylation is 1. The summed E-state index contributed by atoms with van der Waals surface area (Å²) in [6.45, 7) is 1.89. The van der Waals surface area contributed by atoms with E-state index in [2.05, 4.69) is 0 Å². The van der Waals surface area contributed by atoms with Gasteiger partial charge in [0, 0.05) is 11.5 Å². The Kier molecular flexibility index (Phi) is 3.28. The van der Waals surface area contributed by atoms with E-state index in [1.165, 1.54) is 20.3 Å². The minimum Gasteiger partial charge on any atom is -0.496 e. The number of hydrogen-bond acceptors (Lipinski definition) is 3. The molecule has 0 spiro atoms. The third-order valence-electron chi connectivity index (χ3n) is 2.97. The summed E-state index contributed by atoms with van der Waals surface area (Å²) in [7, 11) is 4.52. The van der Waals surface area contributed by atoms with E-state index < -0.39 is 5.82 Å². The van der Waals surface area contributed by atoms with Gasteiger partial charge in [0.15, 0.2) is 11.6 Å². The number of hydrogen-bond donors (Lipinski definition) is 0. The first-order valence-electron chi connectivity index (χ1n) is 5.51. The lowest BCUT2D eigenvalue weighted by molar-refractivity contribution is 0.381. The molecule has 96 valence electrons. The van der Waals surface area contributed by atoms with Crippen molar-refractivity contribution in [3.63, 3.8) is 0 Å². The molecule has 3 nitrogen and oxygen atoms in total. The van der Waals surface area contributed by atoms with Crippen LogP contribution < -0.4 is 14.2 Å². The van der Waals surface area contributed by atoms with Gasteiger partial charge in [-0.1, -0.05) is 6.07 Å². The fourth-order valence-corrected chi connectivity index (χ4v) is 2.13. The molecule has 0 aliphatic rings. The average molecular weight is 250 g/mol. The van der Waals surface area contributed by atoms with Crippen LogP contribution in [0.5, 0.6) is 17.2 Å². The lowest BCUT2D eigenvalue weighted by Crippen LogP contribution is -1.97. The van der Waals surface area contributed by atoms with Crippen LogP contribution in [0.25, 0.3) is 10.8 Å². The maximum Gasteiger partial charge on any atom is 0.169 e. The zero-order valence-corrected chi connectivity index (χ0v) is 10.8. The molecule has 2 aromatic rings. The summed E-state index contributed by atoms with van der Waals surface area (Å²) in [5, 5.41) is 1.40. The standard InChI is InChI=1S/C14H15FO3/c1-8-5-6-10(16-2)13-11(17-3)7-9(15)14(18-4)12(8)13/h5-7H,1-4H3. The first kappa shape index (κ1) is 12.5. The third-order valence-corrected chi connectivity index (χ3v) is 2.97. The van der Waals surface area contributed by atoms with Crippen LogP contribution in [0.3, 0.4) is 0 Å². The average Bonchev–Trinajstić information content (AvgIpc) is 2.38. The number of ether oxygens (including phenoxy) is 3. The van der Waals surface area contributed by atoms with Crippen LogP contribution in [-0.2, 0) is 0 Å². The number of rotatable bonds is 3. The third kappa shape index (κ3) is 1.74. The van der Waals surface area contributed by atoms with E-state index in [4.69, 9.17) is 14.2 Å². The Balaban J connectivity index is 3.00. The topological polar surface area (TPSA) is 27.7 Å². The summed E-state index contributed by atoms with van der Waals surface area (Å²) in [6, 6.07) is 5.00. The van der Waals surface area contributed by atoms with E-state index in [0.29, 0.717) is 16.9 Å². The number of fused-ring (bicyclic) bond motifs is 1. The molecule has 2 rings (SSSR count). The molecule has 0 aliphatic carbocycles. The number of methoxy groups -OCH3 is 3. The fraction of sp³-hybridized carbons (Fsp3) is 0.286. The van der Waals surface area contributed by atoms with Crippen molar-refractivity contribution in [1.29, 1.82) is 0 Å². The Morgan fingerprint density at radius 1 is 0.889 bits per heavy atom. The van der Waals surface area contributed by atoms with Crippen molar-refractivity contribution < 1.29 is 18.6 Å². The van der Waals surface area contributed by atoms with E-state index >= 15 is 0 Å². The maximum absolute atomic E-state index is 13.9. The van der Waals surface area contributed by atoms with Crippen LogP contribution in [0, 0.1) is 12.7 Å². The SMILES string of the molecule is COc1ccc(C)c2c(OC)c(F)cc(OC)c12. The van der Waals surface area contributed by atoms with E-state index in [9.17, 15) is 4.39 Å². The van der Waals surface area contributed by atoms with Gasteiger partial charge >= 0.3 is 0 Å². The van der Waals surface area contributed by atoms with Crippen molar-refractivity contribution in [3.8, 4) is 17.2 Å². The molecule has 0 N–H and O–H groups in total. The Morgan fingerprint density at radius 2 is 1.56 bits per heavy atom. The first-order valence-corrected chi connectivity index (χ1v) is 5.51. The predicted molar refractivity (Wildman–Crippen MR) is 68.3 cm³/mol. The highest BCUT2D eigenvalue weighted by Crippen LogP contribution is 2.42. The molecule has 0 saturated heterocycles. The molecule has 4 heteroatoms. The molecule has 0 aliphatic heterocycles. The zero-order valence-electron chi connectivity index (χ0n) is 10.8. The Labute approximate surface area is 105 Å². The molecular weight excluding hydrogens is 235 g/mol. The van der Waals surface area contributed by atoms with Crippen molar-refractivity contribution >= 4 is 10.8 Å². The molecule has 0 heterocycles. The van der Waals surface area contributed by atoms with E-state index in [0.717, 1.165) is 10.9 Å². The van der Waals surface area contributed by atoms with E-state index in [1.54, 1.807) is 7.11 Å². The van der Waals surface area contributed by atoms with Gasteiger partial charge in [0.05, 0.1) is 26.7 Å². The van der Waals surface area contributed by atoms with Crippen molar-refractivity contribution in [2.45, 2.75) is 6.92 Å². The lowest BCUT2D eigenvalue weighted by atomic mass is 10.0. The normalized spacial score (nSPS) is 10.5. The van der Waals surface area contributed by atoms with Gasteiger partial charge in [-0.15, -0.1) is 0 Å². The molecule has 0 unspecified atom stereocenters. The highest BCUT2D eigenvalue weighted by atomic mass is 19.1.